The zero-order chi connectivity index (χ0) is 37.8. The lowest BCUT2D eigenvalue weighted by molar-refractivity contribution is -0.382. The molecule has 0 aliphatic carbocycles. The fourth-order valence-corrected chi connectivity index (χ4v) is 5.76. The second-order valence-corrected chi connectivity index (χ2v) is 12.3. The van der Waals surface area contributed by atoms with Gasteiger partial charge in [0.05, 0.1) is 25.9 Å². The Morgan fingerprint density at radius 3 is 1.96 bits per heavy atom. The third-order valence-corrected chi connectivity index (χ3v) is 8.58. The highest BCUT2D eigenvalue weighted by Crippen LogP contribution is 2.33. The molecular formula is C30H43F3N2O16. The Balaban J connectivity index is 1.47. The van der Waals surface area contributed by atoms with Gasteiger partial charge in [-0.15, -0.1) is 0 Å². The lowest BCUT2D eigenvalue weighted by atomic mass is 9.95. The molecule has 1 aromatic rings. The van der Waals surface area contributed by atoms with Gasteiger partial charge in [0, 0.05) is 12.6 Å². The summed E-state index contributed by atoms with van der Waals surface area (Å²) in [6, 6.07) is 4.01. The minimum atomic E-state index is -5.06. The van der Waals surface area contributed by atoms with Gasteiger partial charge in [-0.05, 0) is 31.0 Å². The molecule has 1 aromatic carbocycles. The second-order valence-electron chi connectivity index (χ2n) is 12.3. The average molecular weight is 745 g/mol. The Labute approximate surface area is 288 Å². The molecule has 0 radical (unpaired) electrons. The van der Waals surface area contributed by atoms with Gasteiger partial charge < -0.3 is 79.9 Å². The van der Waals surface area contributed by atoms with E-state index in [1.165, 1.54) is 31.2 Å². The van der Waals surface area contributed by atoms with Crippen LogP contribution in [0.1, 0.15) is 19.4 Å². The van der Waals surface area contributed by atoms with Crippen molar-refractivity contribution in [1.29, 1.82) is 0 Å². The summed E-state index contributed by atoms with van der Waals surface area (Å²) in [6.07, 6.45) is -27.5. The first-order chi connectivity index (χ1) is 24.0. The second kappa shape index (κ2) is 17.5. The molecule has 0 bridgehead atoms. The SMILES string of the molecule is CC(=O)N[C@H]1[C@H](OCCc2ccc(NC(=O)C(F)(F)F)cc2)O[C@H](CO)[C@@H](O[C@@H]2O[C@H](CO)[C@H](O)[C@H](O)[C@H]2O[C@@H]2O[C@@H](C)[C@@H](O)[C@@H](O)[C@@H]2O)[C@@H]1O. The number of nitrogens with one attached hydrogen (secondary N) is 2. The van der Waals surface area contributed by atoms with E-state index in [1.807, 2.05) is 0 Å². The molecule has 3 aliphatic heterocycles. The van der Waals surface area contributed by atoms with Gasteiger partial charge in [-0.1, -0.05) is 12.1 Å². The highest BCUT2D eigenvalue weighted by Gasteiger charge is 2.54. The van der Waals surface area contributed by atoms with Gasteiger partial charge in [0.25, 0.3) is 0 Å². The van der Waals surface area contributed by atoms with Crippen molar-refractivity contribution in [1.82, 2.24) is 5.32 Å². The summed E-state index contributed by atoms with van der Waals surface area (Å²) < 4.78 is 71.9. The van der Waals surface area contributed by atoms with Crippen molar-refractivity contribution in [2.45, 2.75) is 119 Å². The normalized spacial score (nSPS) is 39.0. The topological polar surface area (TPSA) is 275 Å². The number of aliphatic hydroxyl groups is 8. The zero-order valence-corrected chi connectivity index (χ0v) is 27.3. The fourth-order valence-electron chi connectivity index (χ4n) is 5.76. The molecular weight excluding hydrogens is 701 g/mol. The van der Waals surface area contributed by atoms with E-state index in [2.05, 4.69) is 5.32 Å². The van der Waals surface area contributed by atoms with E-state index in [1.54, 1.807) is 5.32 Å². The molecule has 10 N–H and O–H groups in total. The van der Waals surface area contributed by atoms with E-state index in [9.17, 15) is 63.6 Å². The lowest BCUT2D eigenvalue weighted by Gasteiger charge is -2.49. The van der Waals surface area contributed by atoms with Crippen molar-refractivity contribution >= 4 is 17.5 Å². The van der Waals surface area contributed by atoms with Crippen LogP contribution in [0.25, 0.3) is 0 Å². The molecule has 4 rings (SSSR count). The number of aliphatic hydroxyl groups excluding tert-OH is 8. The summed E-state index contributed by atoms with van der Waals surface area (Å²) in [5.41, 5.74) is 0.467. The van der Waals surface area contributed by atoms with Gasteiger partial charge in [0.2, 0.25) is 5.91 Å². The maximum Gasteiger partial charge on any atom is 0.471 e. The predicted molar refractivity (Wildman–Crippen MR) is 160 cm³/mol. The van der Waals surface area contributed by atoms with Crippen LogP contribution in [-0.2, 0) is 44.4 Å². The van der Waals surface area contributed by atoms with E-state index in [0.29, 0.717) is 5.56 Å². The Morgan fingerprint density at radius 2 is 1.37 bits per heavy atom. The zero-order valence-electron chi connectivity index (χ0n) is 27.3. The number of halogens is 3. The number of carbonyl (C=O) groups is 2. The monoisotopic (exact) mass is 744 g/mol. The summed E-state index contributed by atoms with van der Waals surface area (Å²) in [5, 5.41) is 87.8. The molecule has 21 heteroatoms. The van der Waals surface area contributed by atoms with Crippen molar-refractivity contribution in [2.24, 2.45) is 0 Å². The maximum atomic E-state index is 12.5. The summed E-state index contributed by atoms with van der Waals surface area (Å²) in [7, 11) is 0. The first kappa shape index (κ1) is 41.2. The summed E-state index contributed by atoms with van der Waals surface area (Å²) in [4.78, 5) is 23.3. The van der Waals surface area contributed by atoms with Gasteiger partial charge in [0.1, 0.15) is 67.1 Å². The van der Waals surface area contributed by atoms with E-state index < -0.39 is 123 Å². The number of anilines is 1. The highest BCUT2D eigenvalue weighted by atomic mass is 19.4. The average Bonchev–Trinajstić information content (AvgIpc) is 3.08. The molecule has 51 heavy (non-hydrogen) atoms. The standard InChI is InChI=1S/C30H43F3N2O16/c1-11-18(39)21(42)23(44)27(47-11)51-25-22(43)19(40)15(9-36)48-28(25)50-24-16(10-37)49-26(17(20(24)41)34-12(2)38)46-8-7-13-3-5-14(6-4-13)35-29(45)30(31,32)33/h3-6,11,15-28,36-37,39-44H,7-10H2,1-2H3,(H,34,38)(H,35,45)/t11-,15+,16+,17+,18+,19-,20+,21+,22-,23-,24+,25+,26+,27-,28-/m0/s1. The quantitative estimate of drug-likeness (QED) is 0.0989. The summed E-state index contributed by atoms with van der Waals surface area (Å²) >= 11 is 0. The van der Waals surface area contributed by atoms with Crippen LogP contribution in [0, 0.1) is 0 Å². The third kappa shape index (κ3) is 9.88. The maximum absolute atomic E-state index is 12.5. The Hall–Kier alpha value is -2.61. The van der Waals surface area contributed by atoms with Crippen LogP contribution in [0.5, 0.6) is 0 Å². The predicted octanol–water partition coefficient (Wildman–Crippen LogP) is -3.63. The van der Waals surface area contributed by atoms with Crippen molar-refractivity contribution in [3.05, 3.63) is 29.8 Å². The van der Waals surface area contributed by atoms with E-state index in [0.717, 1.165) is 6.92 Å². The van der Waals surface area contributed by atoms with Crippen molar-refractivity contribution in [3.63, 3.8) is 0 Å². The Bertz CT molecular complexity index is 1300. The first-order valence-corrected chi connectivity index (χ1v) is 15.9. The summed E-state index contributed by atoms with van der Waals surface area (Å²) in [6.45, 7) is 0.751. The van der Waals surface area contributed by atoms with Gasteiger partial charge in [-0.25, -0.2) is 0 Å². The molecule has 0 aromatic heterocycles. The van der Waals surface area contributed by atoms with Crippen LogP contribution in [-0.4, -0.2) is 171 Å². The Kier molecular flexibility index (Phi) is 14.1. The molecule has 3 saturated heterocycles. The number of amides is 2. The van der Waals surface area contributed by atoms with Crippen LogP contribution >= 0.6 is 0 Å². The number of ether oxygens (including phenoxy) is 6. The van der Waals surface area contributed by atoms with E-state index >= 15 is 0 Å². The molecule has 3 heterocycles. The van der Waals surface area contributed by atoms with Crippen molar-refractivity contribution in [2.75, 3.05) is 25.1 Å². The first-order valence-electron chi connectivity index (χ1n) is 15.9. The molecule has 15 atom stereocenters. The van der Waals surface area contributed by atoms with Crippen LogP contribution in [0.15, 0.2) is 24.3 Å². The van der Waals surface area contributed by atoms with Crippen LogP contribution in [0.3, 0.4) is 0 Å². The van der Waals surface area contributed by atoms with Crippen LogP contribution in [0.4, 0.5) is 18.9 Å². The van der Waals surface area contributed by atoms with Crippen molar-refractivity contribution < 1.29 is 92.0 Å². The molecule has 0 spiro atoms. The van der Waals surface area contributed by atoms with Crippen LogP contribution in [0.2, 0.25) is 0 Å². The molecule has 2 amide bonds. The van der Waals surface area contributed by atoms with E-state index in [-0.39, 0.29) is 18.7 Å². The van der Waals surface area contributed by atoms with Gasteiger partial charge >= 0.3 is 12.1 Å². The molecule has 0 saturated carbocycles. The number of hydrogen-bond donors (Lipinski definition) is 10. The minimum Gasteiger partial charge on any atom is -0.394 e. The molecule has 0 unspecified atom stereocenters. The number of carbonyl (C=O) groups excluding carboxylic acids is 2. The minimum absolute atomic E-state index is 0.0985. The van der Waals surface area contributed by atoms with Crippen LogP contribution < -0.4 is 10.6 Å². The van der Waals surface area contributed by atoms with Gasteiger partial charge in [-0.3, -0.25) is 9.59 Å². The van der Waals surface area contributed by atoms with Gasteiger partial charge in [-0.2, -0.15) is 13.2 Å². The largest absolute Gasteiger partial charge is 0.471 e. The highest BCUT2D eigenvalue weighted by molar-refractivity contribution is 5.94. The van der Waals surface area contributed by atoms with Crippen molar-refractivity contribution in [3.8, 4) is 0 Å². The number of rotatable bonds is 12. The smallest absolute Gasteiger partial charge is 0.394 e. The molecule has 3 fully saturated rings. The van der Waals surface area contributed by atoms with E-state index in [4.69, 9.17) is 28.4 Å². The molecule has 290 valence electrons. The molecule has 18 nitrogen and oxygen atoms in total. The number of alkyl halides is 3. The summed E-state index contributed by atoms with van der Waals surface area (Å²) in [5.74, 6) is -2.77. The fraction of sp³-hybridized carbons (Fsp3) is 0.733. The third-order valence-electron chi connectivity index (χ3n) is 8.58. The number of hydrogen-bond acceptors (Lipinski definition) is 16. The molecule has 3 aliphatic rings. The lowest BCUT2D eigenvalue weighted by Crippen LogP contribution is -2.68. The van der Waals surface area contributed by atoms with Gasteiger partial charge in [0.15, 0.2) is 18.9 Å². The number of benzene rings is 1. The Morgan fingerprint density at radius 1 is 0.765 bits per heavy atom.